The van der Waals surface area contributed by atoms with Crippen LogP contribution in [0.1, 0.15) is 39.0 Å². The minimum atomic E-state index is -0.885. The molecule has 0 aromatic heterocycles. The summed E-state index contributed by atoms with van der Waals surface area (Å²) in [6.45, 7) is 2.12. The van der Waals surface area contributed by atoms with E-state index in [9.17, 15) is 14.4 Å². The van der Waals surface area contributed by atoms with Crippen molar-refractivity contribution in [1.29, 1.82) is 0 Å². The predicted octanol–water partition coefficient (Wildman–Crippen LogP) is 1.03. The van der Waals surface area contributed by atoms with E-state index in [0.717, 1.165) is 0 Å². The van der Waals surface area contributed by atoms with Crippen LogP contribution in [0.5, 0.6) is 0 Å². The number of piperidine rings is 1. The van der Waals surface area contributed by atoms with Crippen LogP contribution in [0.3, 0.4) is 0 Å². The van der Waals surface area contributed by atoms with Gasteiger partial charge in [-0.3, -0.25) is 19.3 Å². The third-order valence-electron chi connectivity index (χ3n) is 2.86. The average molecular weight is 227 g/mol. The van der Waals surface area contributed by atoms with E-state index in [1.165, 1.54) is 4.90 Å². The fraction of sp³-hybridized carbons (Fsp3) is 0.727. The molecule has 1 unspecified atom stereocenters. The van der Waals surface area contributed by atoms with Crippen molar-refractivity contribution in [2.75, 3.05) is 6.54 Å². The minimum Gasteiger partial charge on any atom is -0.481 e. The Kier molecular flexibility index (Phi) is 4.46. The van der Waals surface area contributed by atoms with Gasteiger partial charge in [-0.1, -0.05) is 13.3 Å². The number of imide groups is 1. The number of nitrogens with zero attached hydrogens (tertiary/aromatic N) is 1. The zero-order valence-corrected chi connectivity index (χ0v) is 9.44. The molecule has 2 amide bonds. The summed E-state index contributed by atoms with van der Waals surface area (Å²) < 4.78 is 0. The van der Waals surface area contributed by atoms with Gasteiger partial charge in [-0.15, -0.1) is 0 Å². The van der Waals surface area contributed by atoms with E-state index >= 15 is 0 Å². The molecule has 0 aliphatic carbocycles. The summed E-state index contributed by atoms with van der Waals surface area (Å²) in [4.78, 5) is 34.8. The molecule has 90 valence electrons. The molecule has 1 rings (SSSR count). The number of carboxylic acids is 1. The van der Waals surface area contributed by atoms with Gasteiger partial charge in [0.1, 0.15) is 0 Å². The first-order chi connectivity index (χ1) is 7.54. The molecule has 0 aromatic carbocycles. The quantitative estimate of drug-likeness (QED) is 0.712. The highest BCUT2D eigenvalue weighted by molar-refractivity contribution is 5.97. The van der Waals surface area contributed by atoms with E-state index in [1.54, 1.807) is 0 Å². The number of rotatable bonds is 5. The Morgan fingerprint density at radius 2 is 1.94 bits per heavy atom. The first kappa shape index (κ1) is 12.7. The van der Waals surface area contributed by atoms with E-state index in [0.29, 0.717) is 25.7 Å². The molecule has 16 heavy (non-hydrogen) atoms. The molecule has 1 fully saturated rings. The number of hydrogen-bond acceptors (Lipinski definition) is 3. The van der Waals surface area contributed by atoms with E-state index in [-0.39, 0.29) is 30.7 Å². The number of hydrogen-bond donors (Lipinski definition) is 1. The lowest BCUT2D eigenvalue weighted by Gasteiger charge is -2.28. The molecule has 1 saturated heterocycles. The van der Waals surface area contributed by atoms with Crippen molar-refractivity contribution in [2.24, 2.45) is 5.92 Å². The van der Waals surface area contributed by atoms with E-state index < -0.39 is 5.97 Å². The maximum absolute atomic E-state index is 11.5. The number of carboxylic acid groups (broad SMARTS) is 1. The minimum absolute atomic E-state index is 0.00750. The van der Waals surface area contributed by atoms with Gasteiger partial charge >= 0.3 is 5.97 Å². The molecular formula is C11H17NO4. The summed E-state index contributed by atoms with van der Waals surface area (Å²) in [6, 6.07) is 0. The van der Waals surface area contributed by atoms with Crippen LogP contribution >= 0.6 is 0 Å². The normalized spacial score (nSPS) is 18.7. The van der Waals surface area contributed by atoms with Crippen molar-refractivity contribution in [2.45, 2.75) is 39.0 Å². The Bertz CT molecular complexity index is 284. The van der Waals surface area contributed by atoms with Crippen LogP contribution in [-0.2, 0) is 14.4 Å². The fourth-order valence-electron chi connectivity index (χ4n) is 1.85. The first-order valence-corrected chi connectivity index (χ1v) is 5.59. The molecule has 1 aliphatic rings. The van der Waals surface area contributed by atoms with Crippen molar-refractivity contribution < 1.29 is 19.5 Å². The van der Waals surface area contributed by atoms with E-state index in [4.69, 9.17) is 5.11 Å². The maximum atomic E-state index is 11.5. The van der Waals surface area contributed by atoms with Gasteiger partial charge in [-0.25, -0.2) is 0 Å². The molecule has 0 spiro atoms. The van der Waals surface area contributed by atoms with Gasteiger partial charge in [0, 0.05) is 25.8 Å². The molecule has 0 saturated carbocycles. The van der Waals surface area contributed by atoms with Crippen molar-refractivity contribution in [1.82, 2.24) is 4.90 Å². The van der Waals surface area contributed by atoms with Gasteiger partial charge in [-0.05, 0) is 12.3 Å². The molecule has 0 bridgehead atoms. The van der Waals surface area contributed by atoms with Crippen LogP contribution in [-0.4, -0.2) is 34.3 Å². The lowest BCUT2D eigenvalue weighted by atomic mass is 10.00. The summed E-state index contributed by atoms with van der Waals surface area (Å²) in [7, 11) is 0. The zero-order chi connectivity index (χ0) is 12.1. The third kappa shape index (κ3) is 3.32. The molecule has 1 N–H and O–H groups in total. The highest BCUT2D eigenvalue weighted by Gasteiger charge is 2.28. The molecule has 0 aromatic rings. The molecule has 0 radical (unpaired) electrons. The van der Waals surface area contributed by atoms with Gasteiger partial charge in [0.05, 0.1) is 0 Å². The average Bonchev–Trinajstić information content (AvgIpc) is 2.21. The maximum Gasteiger partial charge on any atom is 0.303 e. The number of aliphatic carboxylic acids is 1. The molecule has 5 nitrogen and oxygen atoms in total. The Hall–Kier alpha value is -1.39. The van der Waals surface area contributed by atoms with E-state index in [2.05, 4.69) is 0 Å². The zero-order valence-electron chi connectivity index (χ0n) is 9.44. The molecular weight excluding hydrogens is 210 g/mol. The monoisotopic (exact) mass is 227 g/mol. The van der Waals surface area contributed by atoms with Crippen LogP contribution in [0, 0.1) is 5.92 Å². The van der Waals surface area contributed by atoms with Crippen LogP contribution in [0.15, 0.2) is 0 Å². The largest absolute Gasteiger partial charge is 0.481 e. The van der Waals surface area contributed by atoms with E-state index in [1.807, 2.05) is 6.92 Å². The molecule has 1 aliphatic heterocycles. The van der Waals surface area contributed by atoms with Crippen molar-refractivity contribution in [3.8, 4) is 0 Å². The summed E-state index contributed by atoms with van der Waals surface area (Å²) in [5, 5.41) is 8.69. The summed E-state index contributed by atoms with van der Waals surface area (Å²) in [6.07, 6.45) is 2.07. The molecule has 1 atom stereocenters. The van der Waals surface area contributed by atoms with Gasteiger partial charge < -0.3 is 5.11 Å². The van der Waals surface area contributed by atoms with Gasteiger partial charge in [0.25, 0.3) is 0 Å². The Labute approximate surface area is 94.4 Å². The first-order valence-electron chi connectivity index (χ1n) is 5.59. The summed E-state index contributed by atoms with van der Waals surface area (Å²) in [5.41, 5.74) is 0. The van der Waals surface area contributed by atoms with Crippen LogP contribution in [0.2, 0.25) is 0 Å². The Morgan fingerprint density at radius 1 is 1.38 bits per heavy atom. The lowest BCUT2D eigenvalue weighted by molar-refractivity contribution is -0.150. The number of likely N-dealkylation sites (tertiary alicyclic amines) is 1. The van der Waals surface area contributed by atoms with Crippen molar-refractivity contribution >= 4 is 17.8 Å². The van der Waals surface area contributed by atoms with Gasteiger partial charge in [0.2, 0.25) is 11.8 Å². The smallest absolute Gasteiger partial charge is 0.303 e. The second-order valence-corrected chi connectivity index (χ2v) is 4.12. The number of amides is 2. The Morgan fingerprint density at radius 3 is 2.38 bits per heavy atom. The van der Waals surface area contributed by atoms with Crippen LogP contribution < -0.4 is 0 Å². The van der Waals surface area contributed by atoms with Crippen molar-refractivity contribution in [3.63, 3.8) is 0 Å². The Balaban J connectivity index is 2.58. The molecule has 5 heteroatoms. The second-order valence-electron chi connectivity index (χ2n) is 4.12. The third-order valence-corrected chi connectivity index (χ3v) is 2.86. The summed E-state index contributed by atoms with van der Waals surface area (Å²) >= 11 is 0. The standard InChI is InChI=1S/C11H17NO4/c1-2-8(6-11(15)16)7-12-9(13)4-3-5-10(12)14/h8H,2-7H2,1H3,(H,15,16). The molecule has 1 heterocycles. The highest BCUT2D eigenvalue weighted by atomic mass is 16.4. The predicted molar refractivity (Wildman–Crippen MR) is 56.6 cm³/mol. The van der Waals surface area contributed by atoms with Gasteiger partial charge in [0.15, 0.2) is 0 Å². The van der Waals surface area contributed by atoms with Gasteiger partial charge in [-0.2, -0.15) is 0 Å². The fourth-order valence-corrected chi connectivity index (χ4v) is 1.85. The number of carbonyl (C=O) groups is 3. The van der Waals surface area contributed by atoms with Crippen molar-refractivity contribution in [3.05, 3.63) is 0 Å². The summed E-state index contributed by atoms with van der Waals surface area (Å²) in [5.74, 6) is -1.35. The van der Waals surface area contributed by atoms with Crippen LogP contribution in [0.25, 0.3) is 0 Å². The SMILES string of the molecule is CCC(CC(=O)O)CN1C(=O)CCCC1=O. The second kappa shape index (κ2) is 5.63. The lowest BCUT2D eigenvalue weighted by Crippen LogP contribution is -2.43. The topological polar surface area (TPSA) is 74.7 Å². The van der Waals surface area contributed by atoms with Crippen LogP contribution in [0.4, 0.5) is 0 Å². The number of carbonyl (C=O) groups excluding carboxylic acids is 2. The highest BCUT2D eigenvalue weighted by Crippen LogP contribution is 2.17.